The molecule has 1 saturated heterocycles. The minimum atomic E-state index is -1.18. The van der Waals surface area contributed by atoms with Gasteiger partial charge in [0.2, 0.25) is 6.79 Å². The van der Waals surface area contributed by atoms with Gasteiger partial charge in [0.1, 0.15) is 11.5 Å². The number of benzene rings is 3. The molecule has 3 aromatic carbocycles. The number of aliphatic carboxylic acids is 1. The topological polar surface area (TPSA) is 152 Å². The third-order valence-electron chi connectivity index (χ3n) is 7.57. The first kappa shape index (κ1) is 29.3. The van der Waals surface area contributed by atoms with Crippen molar-refractivity contribution in [3.8, 4) is 11.5 Å². The van der Waals surface area contributed by atoms with Crippen molar-refractivity contribution < 1.29 is 38.3 Å². The predicted octanol–water partition coefficient (Wildman–Crippen LogP) is 4.15. The van der Waals surface area contributed by atoms with E-state index in [4.69, 9.17) is 9.47 Å². The molecule has 2 N–H and O–H groups in total. The first-order chi connectivity index (χ1) is 20.5. The molecule has 3 aromatic rings. The number of halogens is 1. The van der Waals surface area contributed by atoms with Crippen LogP contribution in [0.1, 0.15) is 52.6 Å². The maximum absolute atomic E-state index is 13.4. The van der Waals surface area contributed by atoms with Crippen LogP contribution in [0.2, 0.25) is 0 Å². The lowest BCUT2D eigenvalue weighted by molar-refractivity contribution is -0.384. The highest BCUT2D eigenvalue weighted by Crippen LogP contribution is 2.35. The van der Waals surface area contributed by atoms with Crippen molar-refractivity contribution >= 4 is 29.2 Å². The standard InChI is InChI=1S/C30H29FN4O8/c1-17-15-34(30(39)21-6-10-26-27(12-21)43-16-42-26)18(2)14-33(17)24-9-5-20(11-25(24)35(40)41)29(38)32-23(13-28(36)37)19-3-7-22(31)8-4-19/h3-12,17-18,23H,13-16H2,1-2H3,(H,32,38)(H,36,37). The number of nitro benzene ring substituents is 1. The molecule has 2 amide bonds. The average molecular weight is 593 g/mol. The highest BCUT2D eigenvalue weighted by Gasteiger charge is 2.36. The Balaban J connectivity index is 1.34. The second-order valence-corrected chi connectivity index (χ2v) is 10.5. The van der Waals surface area contributed by atoms with Crippen molar-refractivity contribution in [1.82, 2.24) is 10.2 Å². The molecule has 12 nitrogen and oxygen atoms in total. The molecule has 2 aliphatic heterocycles. The van der Waals surface area contributed by atoms with Crippen LogP contribution < -0.4 is 19.7 Å². The predicted molar refractivity (Wildman–Crippen MR) is 152 cm³/mol. The molecule has 3 atom stereocenters. The van der Waals surface area contributed by atoms with Crippen molar-refractivity contribution in [1.29, 1.82) is 0 Å². The monoisotopic (exact) mass is 592 g/mol. The van der Waals surface area contributed by atoms with Crippen LogP contribution in [0.25, 0.3) is 0 Å². The van der Waals surface area contributed by atoms with E-state index in [0.29, 0.717) is 35.7 Å². The number of nitro groups is 1. The van der Waals surface area contributed by atoms with Crippen LogP contribution in [0.5, 0.6) is 11.5 Å². The van der Waals surface area contributed by atoms with Crippen molar-refractivity contribution in [3.63, 3.8) is 0 Å². The zero-order chi connectivity index (χ0) is 30.8. The molecule has 0 bridgehead atoms. The van der Waals surface area contributed by atoms with Crippen molar-refractivity contribution in [2.45, 2.75) is 38.4 Å². The number of hydrogen-bond acceptors (Lipinski definition) is 8. The van der Waals surface area contributed by atoms with Gasteiger partial charge in [-0.3, -0.25) is 24.5 Å². The Morgan fingerprint density at radius 2 is 1.70 bits per heavy atom. The van der Waals surface area contributed by atoms with Gasteiger partial charge in [0.25, 0.3) is 17.5 Å². The number of nitrogens with zero attached hydrogens (tertiary/aromatic N) is 3. The number of carbonyl (C=O) groups excluding carboxylic acids is 2. The number of ether oxygens (including phenoxy) is 2. The number of hydrogen-bond donors (Lipinski definition) is 2. The van der Waals surface area contributed by atoms with Gasteiger partial charge in [-0.1, -0.05) is 12.1 Å². The SMILES string of the molecule is CC1CN(c2ccc(C(=O)NC(CC(=O)O)c3ccc(F)cc3)cc2[N+](=O)[O-])C(C)CN1C(=O)c1ccc2c(c1)OCO2. The molecule has 224 valence electrons. The first-order valence-corrected chi connectivity index (χ1v) is 13.6. The van der Waals surface area contributed by atoms with Crippen molar-refractivity contribution in [2.24, 2.45) is 0 Å². The van der Waals surface area contributed by atoms with Gasteiger partial charge >= 0.3 is 5.97 Å². The number of fused-ring (bicyclic) bond motifs is 1. The fraction of sp³-hybridized carbons (Fsp3) is 0.300. The fourth-order valence-corrected chi connectivity index (χ4v) is 5.36. The molecule has 0 aromatic heterocycles. The molecule has 5 rings (SSSR count). The Bertz CT molecular complexity index is 1580. The fourth-order valence-electron chi connectivity index (χ4n) is 5.36. The zero-order valence-corrected chi connectivity index (χ0v) is 23.4. The molecular formula is C30H29FN4O8. The number of rotatable bonds is 8. The Labute approximate surface area is 245 Å². The van der Waals surface area contributed by atoms with Crippen molar-refractivity contribution in [2.75, 3.05) is 24.8 Å². The Morgan fingerprint density at radius 1 is 1.00 bits per heavy atom. The summed E-state index contributed by atoms with van der Waals surface area (Å²) in [6.45, 7) is 4.40. The maximum Gasteiger partial charge on any atom is 0.305 e. The average Bonchev–Trinajstić information content (AvgIpc) is 3.45. The summed E-state index contributed by atoms with van der Waals surface area (Å²) in [5.41, 5.74) is 0.764. The molecule has 0 aliphatic carbocycles. The summed E-state index contributed by atoms with van der Waals surface area (Å²) in [6, 6.07) is 12.5. The molecule has 0 radical (unpaired) electrons. The summed E-state index contributed by atoms with van der Waals surface area (Å²) >= 11 is 0. The minimum absolute atomic E-state index is 0.0368. The summed E-state index contributed by atoms with van der Waals surface area (Å²) in [4.78, 5) is 53.0. The highest BCUT2D eigenvalue weighted by molar-refractivity contribution is 5.97. The van der Waals surface area contributed by atoms with Gasteiger partial charge in [-0.2, -0.15) is 0 Å². The van der Waals surface area contributed by atoms with Gasteiger partial charge in [0.15, 0.2) is 11.5 Å². The number of nitrogens with one attached hydrogen (secondary N) is 1. The van der Waals surface area contributed by atoms with Gasteiger partial charge in [0.05, 0.1) is 17.4 Å². The molecule has 2 heterocycles. The summed E-state index contributed by atoms with van der Waals surface area (Å²) in [7, 11) is 0. The van der Waals surface area contributed by atoms with Gasteiger partial charge in [-0.05, 0) is 61.9 Å². The molecule has 43 heavy (non-hydrogen) atoms. The van der Waals surface area contributed by atoms with Crippen LogP contribution in [0.4, 0.5) is 15.8 Å². The first-order valence-electron chi connectivity index (χ1n) is 13.6. The number of carboxylic acids is 1. The Hall–Kier alpha value is -5.20. The van der Waals surface area contributed by atoms with E-state index < -0.39 is 35.1 Å². The van der Waals surface area contributed by atoms with Crippen LogP contribution in [0.3, 0.4) is 0 Å². The molecule has 3 unspecified atom stereocenters. The Kier molecular flexibility index (Phi) is 8.15. The lowest BCUT2D eigenvalue weighted by Crippen LogP contribution is -2.58. The number of carbonyl (C=O) groups is 3. The van der Waals surface area contributed by atoms with Gasteiger partial charge in [-0.25, -0.2) is 4.39 Å². The second kappa shape index (κ2) is 12.0. The zero-order valence-electron chi connectivity index (χ0n) is 23.4. The highest BCUT2D eigenvalue weighted by atomic mass is 19.1. The normalized spacial score (nSPS) is 18.2. The maximum atomic E-state index is 13.4. The van der Waals surface area contributed by atoms with E-state index in [0.717, 1.165) is 18.2 Å². The number of anilines is 1. The summed E-state index contributed by atoms with van der Waals surface area (Å²) in [5, 5.41) is 24.1. The summed E-state index contributed by atoms with van der Waals surface area (Å²) in [5.74, 6) is -1.55. The van der Waals surface area contributed by atoms with Gasteiger partial charge in [-0.15, -0.1) is 0 Å². The lowest BCUT2D eigenvalue weighted by Gasteiger charge is -2.45. The minimum Gasteiger partial charge on any atom is -0.481 e. The summed E-state index contributed by atoms with van der Waals surface area (Å²) in [6.07, 6.45) is -0.470. The second-order valence-electron chi connectivity index (χ2n) is 10.5. The van der Waals surface area contributed by atoms with E-state index in [9.17, 15) is 34.0 Å². The van der Waals surface area contributed by atoms with E-state index in [1.54, 1.807) is 23.1 Å². The Morgan fingerprint density at radius 3 is 2.40 bits per heavy atom. The molecular weight excluding hydrogens is 563 g/mol. The van der Waals surface area contributed by atoms with Crippen LogP contribution in [0, 0.1) is 15.9 Å². The number of piperazine rings is 1. The van der Waals surface area contributed by atoms with Crippen LogP contribution in [-0.4, -0.2) is 64.7 Å². The van der Waals surface area contributed by atoms with Gasteiger partial charge < -0.3 is 29.7 Å². The number of carboxylic acid groups (broad SMARTS) is 1. The quantitative estimate of drug-likeness (QED) is 0.290. The summed E-state index contributed by atoms with van der Waals surface area (Å²) < 4.78 is 24.1. The van der Waals surface area contributed by atoms with E-state index in [1.807, 2.05) is 18.7 Å². The van der Waals surface area contributed by atoms with E-state index >= 15 is 0 Å². The molecule has 1 fully saturated rings. The molecule has 2 aliphatic rings. The van der Waals surface area contributed by atoms with E-state index in [-0.39, 0.29) is 41.7 Å². The van der Waals surface area contributed by atoms with E-state index in [1.165, 1.54) is 24.3 Å². The molecule has 13 heteroatoms. The van der Waals surface area contributed by atoms with Crippen LogP contribution in [-0.2, 0) is 4.79 Å². The van der Waals surface area contributed by atoms with Crippen molar-refractivity contribution in [3.05, 3.63) is 93.3 Å². The van der Waals surface area contributed by atoms with E-state index in [2.05, 4.69) is 5.32 Å². The smallest absolute Gasteiger partial charge is 0.305 e. The third-order valence-corrected chi connectivity index (χ3v) is 7.57. The van der Waals surface area contributed by atoms with Crippen LogP contribution >= 0.6 is 0 Å². The third kappa shape index (κ3) is 6.20. The number of amides is 2. The van der Waals surface area contributed by atoms with Crippen LogP contribution in [0.15, 0.2) is 60.7 Å². The largest absolute Gasteiger partial charge is 0.481 e. The molecule has 0 saturated carbocycles. The molecule has 0 spiro atoms. The lowest BCUT2D eigenvalue weighted by atomic mass is 10.0. The van der Waals surface area contributed by atoms with Gasteiger partial charge in [0, 0.05) is 42.4 Å².